The number of nitrogens with zero attached hydrogens (tertiary/aromatic N) is 2. The second-order valence-corrected chi connectivity index (χ2v) is 8.79. The Morgan fingerprint density at radius 1 is 1.50 bits per heavy atom. The Morgan fingerprint density at radius 2 is 2.33 bits per heavy atom. The van der Waals surface area contributed by atoms with E-state index in [1.807, 2.05) is 5.38 Å². The van der Waals surface area contributed by atoms with E-state index in [9.17, 15) is 4.79 Å². The molecule has 3 unspecified atom stereocenters. The molecule has 0 radical (unpaired) electrons. The van der Waals surface area contributed by atoms with Gasteiger partial charge in [-0.15, -0.1) is 11.3 Å². The lowest BCUT2D eigenvalue weighted by Gasteiger charge is -2.44. The predicted octanol–water partition coefficient (Wildman–Crippen LogP) is 2.56. The van der Waals surface area contributed by atoms with Gasteiger partial charge in [0.15, 0.2) is 5.17 Å². The minimum Gasteiger partial charge on any atom is -0.379 e. The number of carbonyl (C=O) groups excluding carboxylic acids is 1. The van der Waals surface area contributed by atoms with Crippen molar-refractivity contribution in [2.24, 2.45) is 22.6 Å². The maximum Gasteiger partial charge on any atom is 0.228 e. The predicted molar refractivity (Wildman–Crippen MR) is 97.4 cm³/mol. The lowest BCUT2D eigenvalue weighted by atomic mass is 9.80. The van der Waals surface area contributed by atoms with Gasteiger partial charge < -0.3 is 15.8 Å². The smallest absolute Gasteiger partial charge is 0.228 e. The molecule has 3 aliphatic rings. The van der Waals surface area contributed by atoms with Crippen LogP contribution in [0.4, 0.5) is 5.82 Å². The molecule has 130 valence electrons. The van der Waals surface area contributed by atoms with Crippen molar-refractivity contribution in [3.05, 3.63) is 10.4 Å². The maximum atomic E-state index is 12.1. The Morgan fingerprint density at radius 3 is 3.08 bits per heavy atom. The molecular formula is C16H22N4O2S2. The first-order valence-corrected chi connectivity index (χ1v) is 10.3. The lowest BCUT2D eigenvalue weighted by Crippen LogP contribution is -2.49. The molecule has 6 nitrogen and oxygen atoms in total. The van der Waals surface area contributed by atoms with E-state index in [2.05, 4.69) is 17.2 Å². The number of nitrogens with one attached hydrogen (secondary N) is 1. The zero-order valence-corrected chi connectivity index (χ0v) is 15.3. The summed E-state index contributed by atoms with van der Waals surface area (Å²) in [7, 11) is 0. The number of aromatic nitrogens is 1. The van der Waals surface area contributed by atoms with Gasteiger partial charge in [-0.3, -0.25) is 4.79 Å². The minimum absolute atomic E-state index is 0.0860. The Kier molecular flexibility index (Phi) is 4.30. The van der Waals surface area contributed by atoms with Gasteiger partial charge in [-0.05, 0) is 26.2 Å². The summed E-state index contributed by atoms with van der Waals surface area (Å²) < 4.78 is 5.92. The summed E-state index contributed by atoms with van der Waals surface area (Å²) in [6, 6.07) is 0. The fourth-order valence-corrected chi connectivity index (χ4v) is 5.48. The molecule has 1 aromatic rings. The number of thiazole rings is 1. The second kappa shape index (κ2) is 6.31. The number of anilines is 1. The number of ether oxygens (including phenoxy) is 1. The van der Waals surface area contributed by atoms with Crippen molar-refractivity contribution in [1.82, 2.24) is 4.98 Å². The topological polar surface area (TPSA) is 89.6 Å². The van der Waals surface area contributed by atoms with E-state index < -0.39 is 5.54 Å². The van der Waals surface area contributed by atoms with Gasteiger partial charge in [-0.1, -0.05) is 18.2 Å². The summed E-state index contributed by atoms with van der Waals surface area (Å²) in [5.74, 6) is 2.17. The Labute approximate surface area is 149 Å². The molecule has 0 spiro atoms. The highest BCUT2D eigenvalue weighted by atomic mass is 32.2. The molecule has 4 rings (SSSR count). The fraction of sp³-hybridized carbons (Fsp3) is 0.688. The molecule has 1 aromatic heterocycles. The summed E-state index contributed by atoms with van der Waals surface area (Å²) in [4.78, 5) is 21.6. The summed E-state index contributed by atoms with van der Waals surface area (Å²) in [6.45, 7) is 2.60. The number of hydrogen-bond acceptors (Lipinski definition) is 7. The largest absolute Gasteiger partial charge is 0.379 e. The average Bonchev–Trinajstić information content (AvgIpc) is 2.94. The molecule has 2 aliphatic heterocycles. The van der Waals surface area contributed by atoms with Crippen LogP contribution in [0.15, 0.2) is 10.4 Å². The van der Waals surface area contributed by atoms with Gasteiger partial charge in [0.25, 0.3) is 0 Å². The number of carbonyl (C=O) groups is 1. The van der Waals surface area contributed by atoms with Gasteiger partial charge >= 0.3 is 0 Å². The molecule has 1 amide bonds. The summed E-state index contributed by atoms with van der Waals surface area (Å²) in [5.41, 5.74) is 5.52. The van der Waals surface area contributed by atoms with E-state index >= 15 is 0 Å². The number of hydrogen-bond donors (Lipinski definition) is 2. The van der Waals surface area contributed by atoms with Crippen LogP contribution in [0.5, 0.6) is 0 Å². The van der Waals surface area contributed by atoms with Crippen LogP contribution in [0.3, 0.4) is 0 Å². The second-order valence-electron chi connectivity index (χ2n) is 6.89. The van der Waals surface area contributed by atoms with Crippen LogP contribution < -0.4 is 11.1 Å². The Bertz CT molecular complexity index is 673. The van der Waals surface area contributed by atoms with Crippen LogP contribution in [0.2, 0.25) is 0 Å². The lowest BCUT2D eigenvalue weighted by molar-refractivity contribution is -0.122. The van der Waals surface area contributed by atoms with Gasteiger partial charge in [0.2, 0.25) is 5.91 Å². The summed E-state index contributed by atoms with van der Waals surface area (Å²) >= 11 is 3.15. The van der Waals surface area contributed by atoms with E-state index in [1.165, 1.54) is 11.3 Å². The molecular weight excluding hydrogens is 344 g/mol. The van der Waals surface area contributed by atoms with Crippen LogP contribution >= 0.6 is 23.1 Å². The molecule has 3 N–H and O–H groups in total. The molecule has 3 atom stereocenters. The Hall–Kier alpha value is -1.12. The maximum absolute atomic E-state index is 12.1. The van der Waals surface area contributed by atoms with E-state index in [0.717, 1.165) is 36.4 Å². The van der Waals surface area contributed by atoms with Crippen molar-refractivity contribution in [3.63, 3.8) is 0 Å². The van der Waals surface area contributed by atoms with E-state index in [0.29, 0.717) is 23.5 Å². The van der Waals surface area contributed by atoms with Gasteiger partial charge in [0, 0.05) is 23.0 Å². The Balaban J connectivity index is 1.59. The van der Waals surface area contributed by atoms with Crippen LogP contribution in [-0.4, -0.2) is 34.5 Å². The van der Waals surface area contributed by atoms with Crippen LogP contribution in [0.1, 0.15) is 37.6 Å². The molecule has 0 bridgehead atoms. The van der Waals surface area contributed by atoms with Crippen LogP contribution in [0.25, 0.3) is 0 Å². The first kappa shape index (κ1) is 16.4. The molecule has 3 heterocycles. The van der Waals surface area contributed by atoms with Crippen molar-refractivity contribution in [1.29, 1.82) is 0 Å². The number of amides is 1. The zero-order chi connectivity index (χ0) is 16.7. The van der Waals surface area contributed by atoms with Gasteiger partial charge in [-0.25, -0.2) is 9.98 Å². The summed E-state index contributed by atoms with van der Waals surface area (Å²) in [6.07, 6.45) is 4.30. The van der Waals surface area contributed by atoms with Crippen molar-refractivity contribution in [3.8, 4) is 0 Å². The van der Waals surface area contributed by atoms with Crippen molar-refractivity contribution >= 4 is 40.0 Å². The standard InChI is InChI=1S/C16H22N4O2S2/c1-9-5-11-6-24-15(17)20-16(11,8-22-9)14-19-12(7-23-14)18-13(21)10-3-2-4-10/h7,9-11H,2-6,8H2,1H3,(H2,17,20)(H,18,21). The normalized spacial score (nSPS) is 33.3. The first-order chi connectivity index (χ1) is 11.6. The molecule has 1 saturated carbocycles. The quantitative estimate of drug-likeness (QED) is 0.858. The highest BCUT2D eigenvalue weighted by Gasteiger charge is 2.49. The molecule has 8 heteroatoms. The van der Waals surface area contributed by atoms with Crippen molar-refractivity contribution in [2.75, 3.05) is 17.7 Å². The molecule has 1 saturated heterocycles. The number of rotatable bonds is 3. The highest BCUT2D eigenvalue weighted by Crippen LogP contribution is 2.47. The monoisotopic (exact) mass is 366 g/mol. The molecule has 24 heavy (non-hydrogen) atoms. The van der Waals surface area contributed by atoms with Gasteiger partial charge in [0.05, 0.1) is 12.7 Å². The average molecular weight is 367 g/mol. The van der Waals surface area contributed by atoms with E-state index in [1.54, 1.807) is 11.8 Å². The number of nitrogens with two attached hydrogens (primary N) is 1. The fourth-order valence-electron chi connectivity index (χ4n) is 3.51. The molecule has 1 aliphatic carbocycles. The first-order valence-electron chi connectivity index (χ1n) is 8.43. The highest BCUT2D eigenvalue weighted by molar-refractivity contribution is 8.13. The van der Waals surface area contributed by atoms with Crippen LogP contribution in [-0.2, 0) is 15.1 Å². The van der Waals surface area contributed by atoms with Gasteiger partial charge in [-0.2, -0.15) is 0 Å². The zero-order valence-electron chi connectivity index (χ0n) is 13.7. The number of fused-ring (bicyclic) bond motifs is 1. The summed E-state index contributed by atoms with van der Waals surface area (Å²) in [5, 5.41) is 6.35. The number of thioether (sulfide) groups is 1. The van der Waals surface area contributed by atoms with E-state index in [-0.39, 0.29) is 17.9 Å². The number of amidine groups is 1. The third kappa shape index (κ3) is 2.84. The minimum atomic E-state index is -0.494. The van der Waals surface area contributed by atoms with Gasteiger partial charge in [0.1, 0.15) is 16.4 Å². The van der Waals surface area contributed by atoms with Crippen molar-refractivity contribution in [2.45, 2.75) is 44.2 Å². The molecule has 0 aromatic carbocycles. The molecule has 2 fully saturated rings. The number of aliphatic imine (C=N–C) groups is 1. The third-order valence-electron chi connectivity index (χ3n) is 5.22. The SMILES string of the molecule is CC1CC2CSC(N)=NC2(c2nc(NC(=O)C3CCC3)cs2)CO1. The van der Waals surface area contributed by atoms with Crippen molar-refractivity contribution < 1.29 is 9.53 Å². The van der Waals surface area contributed by atoms with E-state index in [4.69, 9.17) is 15.5 Å². The third-order valence-corrected chi connectivity index (χ3v) is 7.19. The van der Waals surface area contributed by atoms with Crippen LogP contribution in [0, 0.1) is 11.8 Å².